The second-order valence-electron chi connectivity index (χ2n) is 6.25. The van der Waals surface area contributed by atoms with Crippen LogP contribution in [0.5, 0.6) is 0 Å². The molecule has 4 aromatic rings. The van der Waals surface area contributed by atoms with Gasteiger partial charge in [0.15, 0.2) is 11.6 Å². The maximum Gasteiger partial charge on any atom is 0.182 e. The van der Waals surface area contributed by atoms with Crippen LogP contribution in [0.1, 0.15) is 17.1 Å². The van der Waals surface area contributed by atoms with Gasteiger partial charge in [-0.25, -0.2) is 14.6 Å². The van der Waals surface area contributed by atoms with E-state index in [-0.39, 0.29) is 0 Å². The smallest absolute Gasteiger partial charge is 0.182 e. The van der Waals surface area contributed by atoms with E-state index in [9.17, 15) is 0 Å². The minimum absolute atomic E-state index is 0.441. The zero-order valence-electron chi connectivity index (χ0n) is 14.9. The monoisotopic (exact) mass is 345 g/mol. The van der Waals surface area contributed by atoms with Crippen molar-refractivity contribution in [3.63, 3.8) is 0 Å². The van der Waals surface area contributed by atoms with E-state index in [1.165, 1.54) is 6.33 Å². The molecule has 3 aromatic heterocycles. The number of nitrogens with zero attached hydrogens (tertiary/aromatic N) is 5. The van der Waals surface area contributed by atoms with Crippen LogP contribution in [0.4, 0.5) is 17.2 Å². The van der Waals surface area contributed by atoms with Crippen LogP contribution in [0.3, 0.4) is 0 Å². The Hall–Kier alpha value is -3.48. The molecule has 0 saturated heterocycles. The molecule has 0 unspecified atom stereocenters. The van der Waals surface area contributed by atoms with E-state index >= 15 is 0 Å². The molecule has 0 radical (unpaired) electrons. The van der Waals surface area contributed by atoms with Crippen LogP contribution in [0, 0.1) is 20.8 Å². The Morgan fingerprint density at radius 3 is 2.62 bits per heavy atom. The van der Waals surface area contributed by atoms with E-state index in [2.05, 4.69) is 25.4 Å². The minimum Gasteiger partial charge on any atom is -0.393 e. The van der Waals surface area contributed by atoms with Gasteiger partial charge in [0.25, 0.3) is 0 Å². The summed E-state index contributed by atoms with van der Waals surface area (Å²) in [5.41, 5.74) is 11.4. The first-order chi connectivity index (χ1) is 12.5. The third-order valence-electron chi connectivity index (χ3n) is 4.20. The van der Waals surface area contributed by atoms with E-state index in [1.54, 1.807) is 4.68 Å². The number of aryl methyl sites for hydroxylation is 3. The fourth-order valence-electron chi connectivity index (χ4n) is 2.99. The van der Waals surface area contributed by atoms with Gasteiger partial charge in [0.05, 0.1) is 11.2 Å². The SMILES string of the molecule is Cc1ccc2c(Nc3ncnc(-n4nc(C)cc4C)c3N)cccc2n1. The van der Waals surface area contributed by atoms with Crippen LogP contribution >= 0.6 is 0 Å². The summed E-state index contributed by atoms with van der Waals surface area (Å²) in [6.07, 6.45) is 1.48. The third kappa shape index (κ3) is 2.73. The van der Waals surface area contributed by atoms with E-state index in [0.717, 1.165) is 33.7 Å². The van der Waals surface area contributed by atoms with Crippen molar-refractivity contribution in [3.05, 3.63) is 59.8 Å². The van der Waals surface area contributed by atoms with Gasteiger partial charge in [-0.15, -0.1) is 0 Å². The molecule has 26 heavy (non-hydrogen) atoms. The first kappa shape index (κ1) is 16.0. The van der Waals surface area contributed by atoms with E-state index < -0.39 is 0 Å². The fraction of sp³-hybridized carbons (Fsp3) is 0.158. The van der Waals surface area contributed by atoms with E-state index in [1.807, 2.05) is 57.2 Å². The minimum atomic E-state index is 0.441. The lowest BCUT2D eigenvalue weighted by Gasteiger charge is -2.13. The maximum atomic E-state index is 6.35. The molecule has 3 N–H and O–H groups in total. The second kappa shape index (κ2) is 6.11. The summed E-state index contributed by atoms with van der Waals surface area (Å²) < 4.78 is 1.73. The number of hydrogen-bond acceptors (Lipinski definition) is 6. The van der Waals surface area contributed by atoms with E-state index in [4.69, 9.17) is 5.73 Å². The standard InChI is InChI=1S/C19H19N7/c1-11-7-8-14-15(23-11)5-4-6-16(14)24-18-17(20)19(22-10-21-18)26-13(3)9-12(2)25-26/h4-10H,20H2,1-3H3,(H,21,22,24). The predicted octanol–water partition coefficient (Wildman–Crippen LogP) is 3.46. The molecule has 7 heteroatoms. The molecular formula is C19H19N7. The topological polar surface area (TPSA) is 94.5 Å². The number of benzene rings is 1. The highest BCUT2D eigenvalue weighted by molar-refractivity contribution is 5.94. The molecule has 4 rings (SSSR count). The molecule has 0 saturated carbocycles. The fourth-order valence-corrected chi connectivity index (χ4v) is 2.99. The predicted molar refractivity (Wildman–Crippen MR) is 103 cm³/mol. The number of aromatic nitrogens is 5. The Morgan fingerprint density at radius 2 is 1.85 bits per heavy atom. The zero-order valence-corrected chi connectivity index (χ0v) is 14.9. The quantitative estimate of drug-likeness (QED) is 0.590. The maximum absolute atomic E-state index is 6.35. The number of nitrogen functional groups attached to an aromatic ring is 1. The van der Waals surface area contributed by atoms with Crippen molar-refractivity contribution in [3.8, 4) is 5.82 Å². The Bertz CT molecular complexity index is 1110. The molecule has 0 fully saturated rings. The van der Waals surface area contributed by atoms with Crippen molar-refractivity contribution < 1.29 is 0 Å². The van der Waals surface area contributed by atoms with Gasteiger partial charge in [-0.3, -0.25) is 4.98 Å². The number of nitrogens with two attached hydrogens (primary N) is 1. The molecule has 0 amide bonds. The lowest BCUT2D eigenvalue weighted by molar-refractivity contribution is 0.804. The van der Waals surface area contributed by atoms with Crippen LogP contribution in [-0.2, 0) is 0 Å². The number of fused-ring (bicyclic) bond motifs is 1. The number of pyridine rings is 1. The Kier molecular flexibility index (Phi) is 3.76. The molecule has 0 aliphatic carbocycles. The first-order valence-corrected chi connectivity index (χ1v) is 8.30. The average Bonchev–Trinajstić information content (AvgIpc) is 2.95. The van der Waals surface area contributed by atoms with Gasteiger partial charge in [-0.1, -0.05) is 6.07 Å². The van der Waals surface area contributed by atoms with Gasteiger partial charge in [-0.05, 0) is 51.1 Å². The lowest BCUT2D eigenvalue weighted by Crippen LogP contribution is -2.09. The van der Waals surface area contributed by atoms with E-state index in [0.29, 0.717) is 17.3 Å². The van der Waals surface area contributed by atoms with Crippen LogP contribution in [0.15, 0.2) is 42.7 Å². The van der Waals surface area contributed by atoms with Crippen LogP contribution in [-0.4, -0.2) is 24.7 Å². The normalized spacial score (nSPS) is 11.0. The summed E-state index contributed by atoms with van der Waals surface area (Å²) in [6, 6.07) is 11.9. The van der Waals surface area contributed by atoms with Gasteiger partial charge in [-0.2, -0.15) is 5.10 Å². The van der Waals surface area contributed by atoms with Crippen LogP contribution in [0.25, 0.3) is 16.7 Å². The molecule has 0 bridgehead atoms. The van der Waals surface area contributed by atoms with Crippen LogP contribution < -0.4 is 11.1 Å². The van der Waals surface area contributed by atoms with Crippen LogP contribution in [0.2, 0.25) is 0 Å². The third-order valence-corrected chi connectivity index (χ3v) is 4.20. The van der Waals surface area contributed by atoms with Crippen molar-refractivity contribution in [2.24, 2.45) is 0 Å². The molecule has 130 valence electrons. The van der Waals surface area contributed by atoms with Crippen molar-refractivity contribution in [2.75, 3.05) is 11.1 Å². The van der Waals surface area contributed by atoms with Crippen molar-refractivity contribution >= 4 is 28.1 Å². The van der Waals surface area contributed by atoms with Gasteiger partial charge in [0, 0.05) is 22.5 Å². The number of rotatable bonds is 3. The summed E-state index contributed by atoms with van der Waals surface area (Å²) in [5, 5.41) is 8.78. The lowest BCUT2D eigenvalue weighted by atomic mass is 10.1. The highest BCUT2D eigenvalue weighted by Crippen LogP contribution is 2.29. The Balaban J connectivity index is 1.79. The number of anilines is 3. The molecule has 0 spiro atoms. The van der Waals surface area contributed by atoms with Gasteiger partial charge in [0.1, 0.15) is 12.0 Å². The largest absolute Gasteiger partial charge is 0.393 e. The Labute approximate surface area is 150 Å². The van der Waals surface area contributed by atoms with Gasteiger partial charge < -0.3 is 11.1 Å². The van der Waals surface area contributed by atoms with Gasteiger partial charge >= 0.3 is 0 Å². The molecular weight excluding hydrogens is 326 g/mol. The zero-order chi connectivity index (χ0) is 18.3. The Morgan fingerprint density at radius 1 is 1.00 bits per heavy atom. The molecule has 3 heterocycles. The number of nitrogens with one attached hydrogen (secondary N) is 1. The highest BCUT2D eigenvalue weighted by atomic mass is 15.3. The number of hydrogen-bond donors (Lipinski definition) is 2. The summed E-state index contributed by atoms with van der Waals surface area (Å²) in [5.74, 6) is 1.10. The van der Waals surface area contributed by atoms with Gasteiger partial charge in [0.2, 0.25) is 0 Å². The van der Waals surface area contributed by atoms with Crippen molar-refractivity contribution in [1.82, 2.24) is 24.7 Å². The summed E-state index contributed by atoms with van der Waals surface area (Å²) in [6.45, 7) is 5.88. The molecule has 1 aromatic carbocycles. The summed E-state index contributed by atoms with van der Waals surface area (Å²) in [4.78, 5) is 13.2. The summed E-state index contributed by atoms with van der Waals surface area (Å²) in [7, 11) is 0. The first-order valence-electron chi connectivity index (χ1n) is 8.30. The molecule has 0 atom stereocenters. The van der Waals surface area contributed by atoms with Crippen molar-refractivity contribution in [2.45, 2.75) is 20.8 Å². The van der Waals surface area contributed by atoms with Crippen molar-refractivity contribution in [1.29, 1.82) is 0 Å². The highest BCUT2D eigenvalue weighted by Gasteiger charge is 2.14. The molecule has 7 nitrogen and oxygen atoms in total. The molecule has 0 aliphatic heterocycles. The second-order valence-corrected chi connectivity index (χ2v) is 6.25. The molecule has 0 aliphatic rings. The summed E-state index contributed by atoms with van der Waals surface area (Å²) >= 11 is 0. The average molecular weight is 345 g/mol.